The van der Waals surface area contributed by atoms with Crippen LogP contribution >= 0.6 is 0 Å². The van der Waals surface area contributed by atoms with Crippen LogP contribution in [0.2, 0.25) is 0 Å². The van der Waals surface area contributed by atoms with E-state index in [1.807, 2.05) is 18.7 Å². The van der Waals surface area contributed by atoms with Crippen molar-refractivity contribution < 1.29 is 4.79 Å². The maximum absolute atomic E-state index is 12.1. The molecule has 0 atom stereocenters. The van der Waals surface area contributed by atoms with Gasteiger partial charge in [0.1, 0.15) is 0 Å². The van der Waals surface area contributed by atoms with Gasteiger partial charge in [-0.3, -0.25) is 14.7 Å². The van der Waals surface area contributed by atoms with Crippen molar-refractivity contribution in [2.45, 2.75) is 46.6 Å². The number of carbonyl (C=O) groups is 1. The molecule has 1 aliphatic rings. The fraction of sp³-hybridized carbons (Fsp3) is 0.680. The van der Waals surface area contributed by atoms with Crippen LogP contribution in [-0.4, -0.2) is 92.0 Å². The number of rotatable bonds is 13. The summed E-state index contributed by atoms with van der Waals surface area (Å²) in [5.41, 5.74) is 1.40. The summed E-state index contributed by atoms with van der Waals surface area (Å²) >= 11 is 0. The van der Waals surface area contributed by atoms with Crippen molar-refractivity contribution in [2.24, 2.45) is 4.99 Å². The van der Waals surface area contributed by atoms with Gasteiger partial charge in [-0.05, 0) is 45.7 Å². The molecule has 0 aromatic heterocycles. The summed E-state index contributed by atoms with van der Waals surface area (Å²) in [4.78, 5) is 23.8. The normalized spacial score (nSPS) is 15.5. The van der Waals surface area contributed by atoms with Gasteiger partial charge in [-0.2, -0.15) is 0 Å². The van der Waals surface area contributed by atoms with Crippen LogP contribution in [0.15, 0.2) is 35.3 Å². The lowest BCUT2D eigenvalue weighted by Crippen LogP contribution is -2.46. The van der Waals surface area contributed by atoms with Crippen molar-refractivity contribution in [3.05, 3.63) is 35.9 Å². The number of amides is 1. The number of piperazine rings is 1. The summed E-state index contributed by atoms with van der Waals surface area (Å²) in [6, 6.07) is 10.8. The Kier molecular flexibility index (Phi) is 12.8. The predicted molar refractivity (Wildman–Crippen MR) is 134 cm³/mol. The molecule has 1 aliphatic heterocycles. The minimum absolute atomic E-state index is 0.196. The number of benzene rings is 1. The maximum Gasteiger partial charge on any atom is 0.224 e. The molecule has 0 unspecified atom stereocenters. The van der Waals surface area contributed by atoms with Crippen LogP contribution in [0.3, 0.4) is 0 Å². The average Bonchev–Trinajstić information content (AvgIpc) is 2.81. The van der Waals surface area contributed by atoms with E-state index in [0.29, 0.717) is 13.0 Å². The average molecular weight is 445 g/mol. The van der Waals surface area contributed by atoms with Gasteiger partial charge in [0.25, 0.3) is 0 Å². The second-order valence-corrected chi connectivity index (χ2v) is 8.31. The summed E-state index contributed by atoms with van der Waals surface area (Å²) in [7, 11) is 0. The van der Waals surface area contributed by atoms with Gasteiger partial charge < -0.3 is 20.4 Å². The topological polar surface area (TPSA) is 63.2 Å². The van der Waals surface area contributed by atoms with E-state index in [-0.39, 0.29) is 5.91 Å². The number of hydrogen-bond donors (Lipinski definition) is 2. The van der Waals surface area contributed by atoms with E-state index in [1.54, 1.807) is 0 Å². The van der Waals surface area contributed by atoms with Crippen molar-refractivity contribution in [3.63, 3.8) is 0 Å². The molecule has 0 radical (unpaired) electrons. The van der Waals surface area contributed by atoms with Gasteiger partial charge in [0.05, 0.1) is 0 Å². The fourth-order valence-corrected chi connectivity index (χ4v) is 4.01. The van der Waals surface area contributed by atoms with Crippen LogP contribution in [0, 0.1) is 0 Å². The predicted octanol–water partition coefficient (Wildman–Crippen LogP) is 2.40. The number of nitrogens with zero attached hydrogens (tertiary/aromatic N) is 4. The fourth-order valence-electron chi connectivity index (χ4n) is 4.01. The van der Waals surface area contributed by atoms with Crippen LogP contribution in [0.5, 0.6) is 0 Å². The number of aliphatic imine (C=N–C) groups is 1. The third kappa shape index (κ3) is 10.0. The van der Waals surface area contributed by atoms with E-state index in [4.69, 9.17) is 0 Å². The highest BCUT2D eigenvalue weighted by atomic mass is 16.2. The molecule has 2 rings (SSSR count). The molecule has 0 saturated carbocycles. The number of carbonyl (C=O) groups excluding carboxylic acids is 1. The van der Waals surface area contributed by atoms with Gasteiger partial charge in [-0.15, -0.1) is 0 Å². The molecule has 1 saturated heterocycles. The summed E-state index contributed by atoms with van der Waals surface area (Å²) in [6.07, 6.45) is 2.75. The van der Waals surface area contributed by atoms with Crippen molar-refractivity contribution in [1.29, 1.82) is 0 Å². The zero-order valence-electron chi connectivity index (χ0n) is 20.5. The Morgan fingerprint density at radius 3 is 2.31 bits per heavy atom. The summed E-state index contributed by atoms with van der Waals surface area (Å²) in [5.74, 6) is 1.01. The highest BCUT2D eigenvalue weighted by Crippen LogP contribution is 2.09. The van der Waals surface area contributed by atoms with Crippen LogP contribution < -0.4 is 10.6 Å². The van der Waals surface area contributed by atoms with Crippen molar-refractivity contribution in [3.8, 4) is 0 Å². The quantitative estimate of drug-likeness (QED) is 0.278. The number of unbranched alkanes of at least 4 members (excludes halogenated alkanes) is 1. The Hall–Kier alpha value is -2.12. The second-order valence-electron chi connectivity index (χ2n) is 8.31. The number of guanidine groups is 1. The van der Waals surface area contributed by atoms with Crippen LogP contribution in [-0.2, 0) is 11.3 Å². The lowest BCUT2D eigenvalue weighted by molar-refractivity contribution is -0.130. The Labute approximate surface area is 195 Å². The van der Waals surface area contributed by atoms with Gasteiger partial charge in [0.15, 0.2) is 5.96 Å². The van der Waals surface area contributed by atoms with E-state index in [0.717, 1.165) is 77.8 Å². The van der Waals surface area contributed by atoms with Crippen LogP contribution in [0.4, 0.5) is 0 Å². The lowest BCUT2D eigenvalue weighted by atomic mass is 10.2. The molecule has 1 heterocycles. The summed E-state index contributed by atoms with van der Waals surface area (Å²) in [6.45, 7) is 16.7. The van der Waals surface area contributed by atoms with Crippen molar-refractivity contribution in [2.75, 3.05) is 65.4 Å². The Bertz CT molecular complexity index is 654. The van der Waals surface area contributed by atoms with E-state index in [9.17, 15) is 4.79 Å². The molecule has 32 heavy (non-hydrogen) atoms. The number of hydrogen-bond acceptors (Lipinski definition) is 4. The van der Waals surface area contributed by atoms with E-state index in [1.165, 1.54) is 12.0 Å². The second kappa shape index (κ2) is 15.6. The first-order chi connectivity index (χ1) is 15.7. The molecule has 0 bridgehead atoms. The zero-order valence-corrected chi connectivity index (χ0v) is 20.5. The van der Waals surface area contributed by atoms with E-state index in [2.05, 4.69) is 62.7 Å². The molecule has 180 valence electrons. The molecular formula is C25H44N6O. The third-order valence-corrected chi connectivity index (χ3v) is 5.96. The first-order valence-electron chi connectivity index (χ1n) is 12.4. The van der Waals surface area contributed by atoms with Gasteiger partial charge in [-0.1, -0.05) is 30.3 Å². The summed E-state index contributed by atoms with van der Waals surface area (Å²) in [5, 5.41) is 6.57. The molecule has 1 aromatic rings. The molecule has 2 N–H and O–H groups in total. The highest BCUT2D eigenvalue weighted by molar-refractivity contribution is 5.81. The standard InChI is InChI=1S/C25H44N6O/c1-4-26-25(28-16-14-24(32)31(5-2)6-3)27-15-10-11-17-29-18-20-30(21-19-29)22-23-12-8-7-9-13-23/h7-9,12-13H,4-6,10-11,14-22H2,1-3H3,(H2,26,27,28). The van der Waals surface area contributed by atoms with Crippen LogP contribution in [0.25, 0.3) is 0 Å². The third-order valence-electron chi connectivity index (χ3n) is 5.96. The Morgan fingerprint density at radius 1 is 0.969 bits per heavy atom. The van der Waals surface area contributed by atoms with Crippen molar-refractivity contribution in [1.82, 2.24) is 25.3 Å². The lowest BCUT2D eigenvalue weighted by Gasteiger charge is -2.34. The summed E-state index contributed by atoms with van der Waals surface area (Å²) < 4.78 is 0. The van der Waals surface area contributed by atoms with E-state index < -0.39 is 0 Å². The first kappa shape index (κ1) is 26.1. The van der Waals surface area contributed by atoms with E-state index >= 15 is 0 Å². The first-order valence-corrected chi connectivity index (χ1v) is 12.4. The molecule has 1 aromatic carbocycles. The molecule has 1 amide bonds. The smallest absolute Gasteiger partial charge is 0.224 e. The SMILES string of the molecule is CCNC(=NCCCCN1CCN(Cc2ccccc2)CC1)NCCC(=O)N(CC)CC. The zero-order chi connectivity index (χ0) is 23.0. The molecule has 1 fully saturated rings. The molecule has 0 spiro atoms. The van der Waals surface area contributed by atoms with Crippen molar-refractivity contribution >= 4 is 11.9 Å². The van der Waals surface area contributed by atoms with Gasteiger partial charge in [-0.25, -0.2) is 0 Å². The van der Waals surface area contributed by atoms with Gasteiger partial charge in [0.2, 0.25) is 5.91 Å². The molecular weight excluding hydrogens is 400 g/mol. The minimum atomic E-state index is 0.196. The number of nitrogens with one attached hydrogen (secondary N) is 2. The largest absolute Gasteiger partial charge is 0.357 e. The van der Waals surface area contributed by atoms with Gasteiger partial charge >= 0.3 is 0 Å². The monoisotopic (exact) mass is 444 g/mol. The molecule has 7 heteroatoms. The maximum atomic E-state index is 12.1. The van der Waals surface area contributed by atoms with Gasteiger partial charge in [0, 0.05) is 71.9 Å². The minimum Gasteiger partial charge on any atom is -0.357 e. The molecule has 0 aliphatic carbocycles. The molecule has 7 nitrogen and oxygen atoms in total. The van der Waals surface area contributed by atoms with Crippen LogP contribution in [0.1, 0.15) is 45.6 Å². The highest BCUT2D eigenvalue weighted by Gasteiger charge is 2.16. The Morgan fingerprint density at radius 2 is 1.66 bits per heavy atom. The Balaban J connectivity index is 1.58.